The van der Waals surface area contributed by atoms with E-state index in [1.54, 1.807) is 18.9 Å². The summed E-state index contributed by atoms with van der Waals surface area (Å²) in [5.41, 5.74) is 1.40. The van der Waals surface area contributed by atoms with Gasteiger partial charge in [0.05, 0.1) is 25.5 Å². The molecular weight excluding hydrogens is 282 g/mol. The van der Waals surface area contributed by atoms with Gasteiger partial charge in [0.2, 0.25) is 0 Å². The Morgan fingerprint density at radius 2 is 2.32 bits per heavy atom. The van der Waals surface area contributed by atoms with Crippen LogP contribution >= 0.6 is 0 Å². The lowest BCUT2D eigenvalue weighted by molar-refractivity contribution is 0.0710. The van der Waals surface area contributed by atoms with E-state index in [1.165, 1.54) is 6.20 Å². The number of aliphatic hydroxyl groups excluding tert-OH is 1. The number of carbonyl (C=O) groups is 1. The number of amides is 1. The van der Waals surface area contributed by atoms with Gasteiger partial charge in [-0.05, 0) is 31.0 Å². The van der Waals surface area contributed by atoms with E-state index in [0.29, 0.717) is 24.5 Å². The van der Waals surface area contributed by atoms with Gasteiger partial charge in [0.15, 0.2) is 0 Å². The first-order valence-corrected chi connectivity index (χ1v) is 7.23. The Labute approximate surface area is 128 Å². The minimum Gasteiger partial charge on any atom is -0.497 e. The summed E-state index contributed by atoms with van der Waals surface area (Å²) in [7, 11) is 1.61. The number of H-pyrrole nitrogens is 1. The summed E-state index contributed by atoms with van der Waals surface area (Å²) in [6, 6.07) is 7.44. The summed E-state index contributed by atoms with van der Waals surface area (Å²) in [5.74, 6) is 1.29. The highest BCUT2D eigenvalue weighted by atomic mass is 16.5. The standard InChI is InChI=1S/C16H19N3O3/c1-10-17-8-14(18-10)16(21)19-9-12(20)7-15(19)11-4-3-5-13(6-11)22-2/h3-6,8,12,15,20H,7,9H2,1-2H3,(H,17,18). The second-order valence-electron chi connectivity index (χ2n) is 5.52. The van der Waals surface area contributed by atoms with Crippen LogP contribution in [0.3, 0.4) is 0 Å². The maximum Gasteiger partial charge on any atom is 0.272 e. The number of ether oxygens (including phenoxy) is 1. The molecule has 2 atom stereocenters. The van der Waals surface area contributed by atoms with E-state index >= 15 is 0 Å². The van der Waals surface area contributed by atoms with E-state index in [-0.39, 0.29) is 11.9 Å². The largest absolute Gasteiger partial charge is 0.497 e. The van der Waals surface area contributed by atoms with Gasteiger partial charge in [-0.1, -0.05) is 12.1 Å². The summed E-state index contributed by atoms with van der Waals surface area (Å²) >= 11 is 0. The Bertz CT molecular complexity index is 683. The van der Waals surface area contributed by atoms with Crippen molar-refractivity contribution in [3.8, 4) is 5.75 Å². The number of benzene rings is 1. The predicted molar refractivity (Wildman–Crippen MR) is 80.7 cm³/mol. The molecule has 2 N–H and O–H groups in total. The zero-order valence-corrected chi connectivity index (χ0v) is 12.6. The molecule has 0 spiro atoms. The first-order chi connectivity index (χ1) is 10.6. The molecule has 2 aromatic rings. The molecule has 1 amide bonds. The Hall–Kier alpha value is -2.34. The fraction of sp³-hybridized carbons (Fsp3) is 0.375. The lowest BCUT2D eigenvalue weighted by atomic mass is 10.0. The summed E-state index contributed by atoms with van der Waals surface area (Å²) in [5, 5.41) is 10.0. The van der Waals surface area contributed by atoms with Crippen LogP contribution < -0.4 is 4.74 Å². The van der Waals surface area contributed by atoms with E-state index in [4.69, 9.17) is 4.74 Å². The van der Waals surface area contributed by atoms with Gasteiger partial charge >= 0.3 is 0 Å². The molecule has 1 fully saturated rings. The fourth-order valence-corrected chi connectivity index (χ4v) is 2.89. The molecule has 6 nitrogen and oxygen atoms in total. The van der Waals surface area contributed by atoms with Crippen LogP contribution in [0.25, 0.3) is 0 Å². The van der Waals surface area contributed by atoms with Gasteiger partial charge in [-0.2, -0.15) is 0 Å². The molecule has 1 saturated heterocycles. The number of carbonyl (C=O) groups excluding carboxylic acids is 1. The number of likely N-dealkylation sites (tertiary alicyclic amines) is 1. The van der Waals surface area contributed by atoms with Crippen molar-refractivity contribution in [2.75, 3.05) is 13.7 Å². The number of aryl methyl sites for hydroxylation is 1. The van der Waals surface area contributed by atoms with E-state index < -0.39 is 6.10 Å². The molecule has 0 aliphatic carbocycles. The number of aliphatic hydroxyl groups is 1. The van der Waals surface area contributed by atoms with Crippen molar-refractivity contribution in [2.24, 2.45) is 0 Å². The SMILES string of the molecule is COc1cccc(C2CC(O)CN2C(=O)c2cnc(C)[nH]2)c1. The third-order valence-electron chi connectivity index (χ3n) is 3.95. The molecule has 1 aromatic heterocycles. The summed E-state index contributed by atoms with van der Waals surface area (Å²) in [4.78, 5) is 21.4. The van der Waals surface area contributed by atoms with Gasteiger partial charge in [-0.15, -0.1) is 0 Å². The monoisotopic (exact) mass is 301 g/mol. The number of aromatic nitrogens is 2. The first kappa shape index (κ1) is 14.6. The van der Waals surface area contributed by atoms with Gasteiger partial charge in [0.1, 0.15) is 17.3 Å². The van der Waals surface area contributed by atoms with Crippen LogP contribution in [0.2, 0.25) is 0 Å². The lowest BCUT2D eigenvalue weighted by Gasteiger charge is -2.24. The highest BCUT2D eigenvalue weighted by molar-refractivity contribution is 5.92. The third-order valence-corrected chi connectivity index (χ3v) is 3.95. The molecule has 116 valence electrons. The first-order valence-electron chi connectivity index (χ1n) is 7.23. The molecular formula is C16H19N3O3. The van der Waals surface area contributed by atoms with Crippen LogP contribution in [0.15, 0.2) is 30.5 Å². The smallest absolute Gasteiger partial charge is 0.272 e. The highest BCUT2D eigenvalue weighted by Gasteiger charge is 2.36. The Morgan fingerprint density at radius 1 is 1.50 bits per heavy atom. The van der Waals surface area contributed by atoms with Crippen molar-refractivity contribution in [3.63, 3.8) is 0 Å². The number of hydrogen-bond donors (Lipinski definition) is 2. The van der Waals surface area contributed by atoms with E-state index in [2.05, 4.69) is 9.97 Å². The number of methoxy groups -OCH3 is 1. The molecule has 22 heavy (non-hydrogen) atoms. The molecule has 0 radical (unpaired) electrons. The van der Waals surface area contributed by atoms with Gasteiger partial charge < -0.3 is 19.7 Å². The summed E-state index contributed by atoms with van der Waals surface area (Å²) in [6.45, 7) is 2.12. The molecule has 0 bridgehead atoms. The molecule has 1 aromatic carbocycles. The molecule has 1 aliphatic rings. The average molecular weight is 301 g/mol. The van der Waals surface area contributed by atoms with Gasteiger partial charge in [0, 0.05) is 6.54 Å². The summed E-state index contributed by atoms with van der Waals surface area (Å²) < 4.78 is 5.24. The number of rotatable bonds is 3. The molecule has 3 rings (SSSR count). The molecule has 2 heterocycles. The van der Waals surface area contributed by atoms with Crippen LogP contribution in [0.1, 0.15) is 34.3 Å². The number of hydrogen-bond acceptors (Lipinski definition) is 4. The molecule has 1 aliphatic heterocycles. The maximum atomic E-state index is 12.7. The van der Waals surface area contributed by atoms with Gasteiger partial charge in [0.25, 0.3) is 5.91 Å². The average Bonchev–Trinajstić information content (AvgIpc) is 3.12. The second-order valence-corrected chi connectivity index (χ2v) is 5.52. The molecule has 0 saturated carbocycles. The van der Waals surface area contributed by atoms with Crippen LogP contribution in [-0.4, -0.2) is 45.6 Å². The Balaban J connectivity index is 1.90. The summed E-state index contributed by atoms with van der Waals surface area (Å²) in [6.07, 6.45) is 1.53. The minimum absolute atomic E-state index is 0.148. The van der Waals surface area contributed by atoms with E-state index in [9.17, 15) is 9.90 Å². The van der Waals surface area contributed by atoms with Crippen molar-refractivity contribution in [1.29, 1.82) is 0 Å². The maximum absolute atomic E-state index is 12.7. The number of imidazole rings is 1. The van der Waals surface area contributed by atoms with Crippen LogP contribution in [-0.2, 0) is 0 Å². The van der Waals surface area contributed by atoms with Crippen molar-refractivity contribution >= 4 is 5.91 Å². The van der Waals surface area contributed by atoms with Crippen molar-refractivity contribution in [3.05, 3.63) is 47.5 Å². The Morgan fingerprint density at radius 3 is 3.00 bits per heavy atom. The van der Waals surface area contributed by atoms with Crippen molar-refractivity contribution in [2.45, 2.75) is 25.5 Å². The molecule has 2 unspecified atom stereocenters. The fourth-order valence-electron chi connectivity index (χ4n) is 2.89. The highest BCUT2D eigenvalue weighted by Crippen LogP contribution is 2.34. The minimum atomic E-state index is -0.524. The number of aromatic amines is 1. The number of nitrogens with one attached hydrogen (secondary N) is 1. The van der Waals surface area contributed by atoms with Crippen molar-refractivity contribution < 1.29 is 14.6 Å². The van der Waals surface area contributed by atoms with E-state index in [0.717, 1.165) is 11.3 Å². The quantitative estimate of drug-likeness (QED) is 0.904. The van der Waals surface area contributed by atoms with Crippen LogP contribution in [0.5, 0.6) is 5.75 Å². The van der Waals surface area contributed by atoms with Crippen LogP contribution in [0, 0.1) is 6.92 Å². The van der Waals surface area contributed by atoms with Gasteiger partial charge in [-0.3, -0.25) is 4.79 Å². The van der Waals surface area contributed by atoms with E-state index in [1.807, 2.05) is 24.3 Å². The second kappa shape index (κ2) is 5.81. The van der Waals surface area contributed by atoms with Crippen molar-refractivity contribution in [1.82, 2.24) is 14.9 Å². The van der Waals surface area contributed by atoms with Crippen LogP contribution in [0.4, 0.5) is 0 Å². The van der Waals surface area contributed by atoms with Gasteiger partial charge in [-0.25, -0.2) is 4.98 Å². The zero-order valence-electron chi connectivity index (χ0n) is 12.6. The topological polar surface area (TPSA) is 78.5 Å². The normalized spacial score (nSPS) is 21.1. The molecule has 6 heteroatoms. The predicted octanol–water partition coefficient (Wildman–Crippen LogP) is 1.67. The third kappa shape index (κ3) is 2.69. The Kier molecular flexibility index (Phi) is 3.85. The number of nitrogens with zero attached hydrogens (tertiary/aromatic N) is 2. The lowest BCUT2D eigenvalue weighted by Crippen LogP contribution is -2.32. The zero-order chi connectivity index (χ0) is 15.7. The number of β-amino-alcohol motifs (C(OH)–C–C–N with tert-alkyl or cyclic N) is 1.